The van der Waals surface area contributed by atoms with E-state index in [1.54, 1.807) is 31.5 Å². The molecule has 1 aliphatic rings. The van der Waals surface area contributed by atoms with E-state index in [0.717, 1.165) is 11.1 Å². The van der Waals surface area contributed by atoms with Crippen LogP contribution in [0.5, 0.6) is 5.75 Å². The molecular formula is C19H22N4O4. The largest absolute Gasteiger partial charge is 0.504 e. The second kappa shape index (κ2) is 8.05. The van der Waals surface area contributed by atoms with E-state index in [1.165, 1.54) is 0 Å². The molecule has 0 spiro atoms. The third kappa shape index (κ3) is 3.70. The molecule has 0 aliphatic carbocycles. The van der Waals surface area contributed by atoms with Gasteiger partial charge in [-0.15, -0.1) is 0 Å². The first-order chi connectivity index (χ1) is 13.1. The molecule has 0 fully saturated rings. The van der Waals surface area contributed by atoms with E-state index in [4.69, 9.17) is 9.15 Å². The van der Waals surface area contributed by atoms with Crippen molar-refractivity contribution in [3.05, 3.63) is 35.2 Å². The number of aromatic hydroxyl groups is 1. The fourth-order valence-electron chi connectivity index (χ4n) is 2.72. The molecule has 0 aromatic carbocycles. The van der Waals surface area contributed by atoms with Crippen LogP contribution in [0.2, 0.25) is 0 Å². The average Bonchev–Trinajstić information content (AvgIpc) is 3.21. The topological polar surface area (TPSA) is 100 Å². The number of carbonyl (C=O) groups excluding carboxylic acids is 1. The molecule has 1 aliphatic heterocycles. The van der Waals surface area contributed by atoms with Gasteiger partial charge in [0.15, 0.2) is 22.9 Å². The Balaban J connectivity index is 2.03. The number of hydrogen-bond donors (Lipinski definition) is 2. The first-order valence-corrected chi connectivity index (χ1v) is 8.84. The Morgan fingerprint density at radius 1 is 1.37 bits per heavy atom. The maximum atomic E-state index is 12.3. The number of hydrogen-bond acceptors (Lipinski definition) is 8. The fourth-order valence-corrected chi connectivity index (χ4v) is 2.72. The van der Waals surface area contributed by atoms with Crippen molar-refractivity contribution in [3.8, 4) is 5.75 Å². The number of aliphatic imine (C=N–C) groups is 1. The van der Waals surface area contributed by atoms with Crippen LogP contribution in [0.1, 0.15) is 42.5 Å². The number of hydrazine groups is 1. The molecule has 2 aromatic rings. The number of ether oxygens (including phenoxy) is 1. The zero-order chi connectivity index (χ0) is 19.4. The zero-order valence-corrected chi connectivity index (χ0v) is 15.5. The molecule has 0 unspecified atom stereocenters. The van der Waals surface area contributed by atoms with Gasteiger partial charge < -0.3 is 14.3 Å². The number of furan rings is 1. The Kier molecular flexibility index (Phi) is 5.56. The molecule has 0 bridgehead atoms. The number of nitrogens with zero attached hydrogens (tertiary/aromatic N) is 3. The molecule has 8 heteroatoms. The molecule has 0 atom stereocenters. The average molecular weight is 370 g/mol. The van der Waals surface area contributed by atoms with E-state index in [0.29, 0.717) is 18.9 Å². The lowest BCUT2D eigenvalue weighted by Gasteiger charge is -2.19. The summed E-state index contributed by atoms with van der Waals surface area (Å²) in [5.41, 5.74) is 4.54. The van der Waals surface area contributed by atoms with Crippen molar-refractivity contribution >= 4 is 35.5 Å². The molecule has 3 rings (SSSR count). The number of esters is 1. The predicted octanol–water partition coefficient (Wildman–Crippen LogP) is 3.48. The molecule has 8 nitrogen and oxygen atoms in total. The van der Waals surface area contributed by atoms with Gasteiger partial charge in [-0.3, -0.25) is 5.43 Å². The fraction of sp³-hybridized carbons (Fsp3) is 0.316. The van der Waals surface area contributed by atoms with Crippen molar-refractivity contribution in [2.75, 3.05) is 25.1 Å². The first-order valence-electron chi connectivity index (χ1n) is 8.84. The number of anilines is 1. The lowest BCUT2D eigenvalue weighted by Crippen LogP contribution is -2.29. The summed E-state index contributed by atoms with van der Waals surface area (Å²) in [5, 5.41) is 12.5. The van der Waals surface area contributed by atoms with Crippen LogP contribution < -0.4 is 5.43 Å². The Hall–Kier alpha value is -3.13. The Labute approximate surface area is 157 Å². The summed E-state index contributed by atoms with van der Waals surface area (Å²) >= 11 is 0. The summed E-state index contributed by atoms with van der Waals surface area (Å²) in [7, 11) is 0. The molecule has 0 radical (unpaired) electrons. The van der Waals surface area contributed by atoms with Crippen LogP contribution in [-0.2, 0) is 4.74 Å². The Morgan fingerprint density at radius 3 is 2.85 bits per heavy atom. The van der Waals surface area contributed by atoms with Crippen LogP contribution in [0.3, 0.4) is 0 Å². The van der Waals surface area contributed by atoms with Crippen molar-refractivity contribution in [2.45, 2.75) is 20.8 Å². The molecule has 3 heterocycles. The smallest absolute Gasteiger partial charge is 0.347 e. The lowest BCUT2D eigenvalue weighted by atomic mass is 10.1. The second-order valence-electron chi connectivity index (χ2n) is 5.76. The minimum atomic E-state index is -0.653. The minimum Gasteiger partial charge on any atom is -0.504 e. The van der Waals surface area contributed by atoms with E-state index < -0.39 is 5.97 Å². The third-order valence-electron chi connectivity index (χ3n) is 4.12. The SMILES string of the molecule is CCOC(=O)c1c(NN(CC)CC)oc(/C=C2\C=Nc3ncccc32)c1O. The molecule has 142 valence electrons. The lowest BCUT2D eigenvalue weighted by molar-refractivity contribution is 0.0523. The van der Waals surface area contributed by atoms with Crippen LogP contribution in [0.15, 0.2) is 27.7 Å². The molecule has 0 amide bonds. The molecule has 0 saturated carbocycles. The standard InChI is InChI=1S/C19H22N4O4/c1-4-23(5-2)22-18-15(19(25)26-6-3)16(24)14(27-18)10-12-11-21-17-13(12)8-7-9-20-17/h7-11,22,24H,4-6H2,1-3H3/b12-10+. The van der Waals surface area contributed by atoms with Crippen LogP contribution >= 0.6 is 0 Å². The summed E-state index contributed by atoms with van der Waals surface area (Å²) in [6.07, 6.45) is 4.93. The van der Waals surface area contributed by atoms with Gasteiger partial charge in [0.25, 0.3) is 0 Å². The van der Waals surface area contributed by atoms with Gasteiger partial charge >= 0.3 is 5.97 Å². The van der Waals surface area contributed by atoms with E-state index in [9.17, 15) is 9.90 Å². The van der Waals surface area contributed by atoms with Gasteiger partial charge in [-0.25, -0.2) is 19.8 Å². The maximum Gasteiger partial charge on any atom is 0.347 e. The highest BCUT2D eigenvalue weighted by Gasteiger charge is 2.27. The number of rotatable bonds is 7. The van der Waals surface area contributed by atoms with E-state index >= 15 is 0 Å². The molecule has 27 heavy (non-hydrogen) atoms. The van der Waals surface area contributed by atoms with Crippen molar-refractivity contribution in [3.63, 3.8) is 0 Å². The number of fused-ring (bicyclic) bond motifs is 1. The summed E-state index contributed by atoms with van der Waals surface area (Å²) < 4.78 is 10.8. The van der Waals surface area contributed by atoms with Crippen molar-refractivity contribution in [2.24, 2.45) is 4.99 Å². The number of carbonyl (C=O) groups is 1. The monoisotopic (exact) mass is 370 g/mol. The number of aromatic nitrogens is 1. The molecule has 2 N–H and O–H groups in total. The predicted molar refractivity (Wildman–Crippen MR) is 103 cm³/mol. The normalized spacial score (nSPS) is 14.0. The second-order valence-corrected chi connectivity index (χ2v) is 5.76. The van der Waals surface area contributed by atoms with Gasteiger partial charge in [0.1, 0.15) is 0 Å². The van der Waals surface area contributed by atoms with Crippen LogP contribution in [0.25, 0.3) is 11.6 Å². The number of allylic oxidation sites excluding steroid dienone is 1. The zero-order valence-electron chi connectivity index (χ0n) is 15.5. The highest BCUT2D eigenvalue weighted by molar-refractivity contribution is 6.21. The Morgan fingerprint density at radius 2 is 2.15 bits per heavy atom. The summed E-state index contributed by atoms with van der Waals surface area (Å²) in [6, 6.07) is 3.68. The highest BCUT2D eigenvalue weighted by atomic mass is 16.5. The van der Waals surface area contributed by atoms with Crippen molar-refractivity contribution in [1.29, 1.82) is 0 Å². The minimum absolute atomic E-state index is 0.0306. The summed E-state index contributed by atoms with van der Waals surface area (Å²) in [5.74, 6) is -0.0443. The van der Waals surface area contributed by atoms with E-state index in [2.05, 4.69) is 15.4 Å². The van der Waals surface area contributed by atoms with Crippen LogP contribution in [0, 0.1) is 0 Å². The third-order valence-corrected chi connectivity index (χ3v) is 4.12. The highest BCUT2D eigenvalue weighted by Crippen LogP contribution is 2.38. The quantitative estimate of drug-likeness (QED) is 0.568. The Bertz CT molecular complexity index is 897. The molecule has 0 saturated heterocycles. The van der Waals surface area contributed by atoms with Gasteiger partial charge in [-0.1, -0.05) is 13.8 Å². The van der Waals surface area contributed by atoms with E-state index in [1.807, 2.05) is 24.9 Å². The van der Waals surface area contributed by atoms with Gasteiger partial charge in [0.05, 0.1) is 6.61 Å². The van der Waals surface area contributed by atoms with Gasteiger partial charge in [0, 0.05) is 36.6 Å². The maximum absolute atomic E-state index is 12.3. The molecular weight excluding hydrogens is 348 g/mol. The number of pyridine rings is 1. The summed E-state index contributed by atoms with van der Waals surface area (Å²) in [4.78, 5) is 20.8. The first kappa shape index (κ1) is 18.7. The summed E-state index contributed by atoms with van der Waals surface area (Å²) in [6.45, 7) is 7.19. The van der Waals surface area contributed by atoms with Crippen molar-refractivity contribution < 1.29 is 19.1 Å². The van der Waals surface area contributed by atoms with Crippen LogP contribution in [-0.4, -0.2) is 47.0 Å². The number of nitrogens with one attached hydrogen (secondary N) is 1. The van der Waals surface area contributed by atoms with Gasteiger partial charge in [-0.05, 0) is 25.1 Å². The van der Waals surface area contributed by atoms with Crippen LogP contribution in [0.4, 0.5) is 11.7 Å². The van der Waals surface area contributed by atoms with Crippen molar-refractivity contribution in [1.82, 2.24) is 9.99 Å². The van der Waals surface area contributed by atoms with Gasteiger partial charge in [0.2, 0.25) is 5.88 Å². The van der Waals surface area contributed by atoms with E-state index in [-0.39, 0.29) is 29.6 Å². The van der Waals surface area contributed by atoms with Gasteiger partial charge in [-0.2, -0.15) is 0 Å². The molecule has 2 aromatic heterocycles.